The molecule has 2 fully saturated rings. The molecule has 1 aromatic rings. The monoisotopic (exact) mass is 294 g/mol. The van der Waals surface area contributed by atoms with Crippen molar-refractivity contribution in [3.8, 4) is 0 Å². The number of anilines is 1. The van der Waals surface area contributed by atoms with Crippen LogP contribution in [0, 0.1) is 0 Å². The molecule has 3 rings (SSSR count). The van der Waals surface area contributed by atoms with Gasteiger partial charge in [0.15, 0.2) is 0 Å². The highest BCUT2D eigenvalue weighted by Crippen LogP contribution is 2.29. The summed E-state index contributed by atoms with van der Waals surface area (Å²) in [6.07, 6.45) is 5.08. The van der Waals surface area contributed by atoms with Crippen molar-refractivity contribution in [2.75, 3.05) is 24.5 Å². The lowest BCUT2D eigenvalue weighted by atomic mass is 10.1. The second kappa shape index (κ2) is 5.56. The molecule has 2 saturated heterocycles. The number of halogens is 1. The molecule has 1 atom stereocenters. The van der Waals surface area contributed by atoms with Crippen LogP contribution >= 0.6 is 11.6 Å². The van der Waals surface area contributed by atoms with Gasteiger partial charge in [-0.15, -0.1) is 0 Å². The number of aromatic nitrogens is 2. The molecule has 0 aromatic carbocycles. The number of piperazine rings is 1. The van der Waals surface area contributed by atoms with Gasteiger partial charge in [-0.25, -0.2) is 9.97 Å². The Balaban J connectivity index is 1.83. The first kappa shape index (κ1) is 13.6. The summed E-state index contributed by atoms with van der Waals surface area (Å²) in [4.78, 5) is 24.5. The topological polar surface area (TPSA) is 49.3 Å². The van der Waals surface area contributed by atoms with Crippen LogP contribution in [-0.2, 0) is 11.2 Å². The van der Waals surface area contributed by atoms with Crippen LogP contribution in [0.4, 0.5) is 5.82 Å². The first-order valence-corrected chi connectivity index (χ1v) is 7.62. The largest absolute Gasteiger partial charge is 0.352 e. The minimum absolute atomic E-state index is 0.296. The average molecular weight is 295 g/mol. The smallest absolute Gasteiger partial charge is 0.223 e. The Morgan fingerprint density at radius 3 is 3.05 bits per heavy atom. The van der Waals surface area contributed by atoms with Crippen LogP contribution in [0.3, 0.4) is 0 Å². The fourth-order valence-electron chi connectivity index (χ4n) is 3.18. The molecule has 1 aromatic heterocycles. The Hall–Kier alpha value is -1.36. The van der Waals surface area contributed by atoms with Gasteiger partial charge in [0.2, 0.25) is 5.91 Å². The van der Waals surface area contributed by atoms with Gasteiger partial charge in [0, 0.05) is 37.7 Å². The SMILES string of the molecule is CCCc1c(Cl)ncnc1N1CCN2C(=O)CCC2C1. The predicted octanol–water partition coefficient (Wildman–Crippen LogP) is 1.89. The van der Waals surface area contributed by atoms with Crippen molar-refractivity contribution in [3.05, 3.63) is 17.0 Å². The van der Waals surface area contributed by atoms with Gasteiger partial charge in [-0.05, 0) is 12.8 Å². The lowest BCUT2D eigenvalue weighted by Crippen LogP contribution is -2.52. The van der Waals surface area contributed by atoms with Gasteiger partial charge in [0.25, 0.3) is 0 Å². The number of rotatable bonds is 3. The maximum atomic E-state index is 11.7. The molecular formula is C14H19ClN4O. The number of carbonyl (C=O) groups excluding carboxylic acids is 1. The molecule has 3 heterocycles. The van der Waals surface area contributed by atoms with Gasteiger partial charge in [-0.3, -0.25) is 4.79 Å². The predicted molar refractivity (Wildman–Crippen MR) is 78.0 cm³/mol. The van der Waals surface area contributed by atoms with Crippen molar-refractivity contribution in [1.29, 1.82) is 0 Å². The Labute approximate surface area is 123 Å². The average Bonchev–Trinajstić information content (AvgIpc) is 2.82. The minimum Gasteiger partial charge on any atom is -0.352 e. The van der Waals surface area contributed by atoms with Gasteiger partial charge in [0.1, 0.15) is 17.3 Å². The molecule has 0 aliphatic carbocycles. The molecular weight excluding hydrogens is 276 g/mol. The van der Waals surface area contributed by atoms with Crippen molar-refractivity contribution in [2.45, 2.75) is 38.6 Å². The molecule has 0 N–H and O–H groups in total. The zero-order valence-corrected chi connectivity index (χ0v) is 12.4. The maximum Gasteiger partial charge on any atom is 0.223 e. The summed E-state index contributed by atoms with van der Waals surface area (Å²) in [6, 6.07) is 0.333. The quantitative estimate of drug-likeness (QED) is 0.799. The van der Waals surface area contributed by atoms with E-state index in [0.717, 1.165) is 50.3 Å². The first-order chi connectivity index (χ1) is 9.70. The lowest BCUT2D eigenvalue weighted by molar-refractivity contribution is -0.129. The zero-order valence-electron chi connectivity index (χ0n) is 11.7. The van der Waals surface area contributed by atoms with Crippen LogP contribution in [0.25, 0.3) is 0 Å². The molecule has 1 amide bonds. The third-order valence-corrected chi connectivity index (χ3v) is 4.49. The van der Waals surface area contributed by atoms with E-state index in [1.54, 1.807) is 0 Å². The van der Waals surface area contributed by atoms with Gasteiger partial charge in [0.05, 0.1) is 0 Å². The van der Waals surface area contributed by atoms with Crippen LogP contribution in [0.1, 0.15) is 31.7 Å². The summed E-state index contributed by atoms with van der Waals surface area (Å²) in [5.41, 5.74) is 1.04. The summed E-state index contributed by atoms with van der Waals surface area (Å²) < 4.78 is 0. The molecule has 0 bridgehead atoms. The van der Waals surface area contributed by atoms with E-state index in [2.05, 4.69) is 21.8 Å². The van der Waals surface area contributed by atoms with Crippen molar-refractivity contribution < 1.29 is 4.79 Å². The van der Waals surface area contributed by atoms with Crippen LogP contribution in [0.2, 0.25) is 5.15 Å². The molecule has 2 aliphatic heterocycles. The van der Waals surface area contributed by atoms with Crippen LogP contribution in [0.15, 0.2) is 6.33 Å². The van der Waals surface area contributed by atoms with E-state index in [4.69, 9.17) is 11.6 Å². The highest BCUT2D eigenvalue weighted by Gasteiger charge is 2.36. The fraction of sp³-hybridized carbons (Fsp3) is 0.643. The van der Waals surface area contributed by atoms with E-state index >= 15 is 0 Å². The summed E-state index contributed by atoms with van der Waals surface area (Å²) in [5.74, 6) is 1.25. The summed E-state index contributed by atoms with van der Waals surface area (Å²) in [6.45, 7) is 4.60. The van der Waals surface area contributed by atoms with E-state index < -0.39 is 0 Å². The number of hydrogen-bond acceptors (Lipinski definition) is 4. The van der Waals surface area contributed by atoms with Crippen molar-refractivity contribution in [2.24, 2.45) is 0 Å². The maximum absolute atomic E-state index is 11.7. The standard InChI is InChI=1S/C14H19ClN4O/c1-2-3-11-13(15)16-9-17-14(11)18-6-7-19-10(8-18)4-5-12(19)20/h9-10H,2-8H2,1H3. The van der Waals surface area contributed by atoms with E-state index in [9.17, 15) is 4.79 Å². The second-order valence-corrected chi connectivity index (χ2v) is 5.80. The second-order valence-electron chi connectivity index (χ2n) is 5.44. The van der Waals surface area contributed by atoms with Crippen LogP contribution in [0.5, 0.6) is 0 Å². The molecule has 2 aliphatic rings. The van der Waals surface area contributed by atoms with Crippen LogP contribution in [-0.4, -0.2) is 46.5 Å². The van der Waals surface area contributed by atoms with Crippen molar-refractivity contribution in [1.82, 2.24) is 14.9 Å². The third kappa shape index (κ3) is 2.35. The number of amides is 1. The van der Waals surface area contributed by atoms with E-state index in [-0.39, 0.29) is 0 Å². The summed E-state index contributed by atoms with van der Waals surface area (Å²) in [7, 11) is 0. The third-order valence-electron chi connectivity index (χ3n) is 4.16. The van der Waals surface area contributed by atoms with E-state index in [1.807, 2.05) is 4.90 Å². The summed E-state index contributed by atoms with van der Waals surface area (Å²) in [5, 5.41) is 0.557. The Morgan fingerprint density at radius 2 is 2.25 bits per heavy atom. The van der Waals surface area contributed by atoms with E-state index in [0.29, 0.717) is 23.5 Å². The Kier molecular flexibility index (Phi) is 3.78. The van der Waals surface area contributed by atoms with Gasteiger partial charge in [-0.1, -0.05) is 24.9 Å². The molecule has 6 heteroatoms. The number of fused-ring (bicyclic) bond motifs is 1. The van der Waals surface area contributed by atoms with E-state index in [1.165, 1.54) is 6.33 Å². The van der Waals surface area contributed by atoms with Crippen LogP contribution < -0.4 is 4.90 Å². The molecule has 0 saturated carbocycles. The van der Waals surface area contributed by atoms with Crippen molar-refractivity contribution in [3.63, 3.8) is 0 Å². The summed E-state index contributed by atoms with van der Waals surface area (Å²) >= 11 is 6.22. The molecule has 1 unspecified atom stereocenters. The number of hydrogen-bond donors (Lipinski definition) is 0. The van der Waals surface area contributed by atoms with Gasteiger partial charge < -0.3 is 9.80 Å². The highest BCUT2D eigenvalue weighted by molar-refractivity contribution is 6.30. The fourth-order valence-corrected chi connectivity index (χ4v) is 3.40. The molecule has 0 spiro atoms. The van der Waals surface area contributed by atoms with Crippen molar-refractivity contribution >= 4 is 23.3 Å². The number of carbonyl (C=O) groups is 1. The lowest BCUT2D eigenvalue weighted by Gasteiger charge is -2.38. The number of nitrogens with zero attached hydrogens (tertiary/aromatic N) is 4. The highest BCUT2D eigenvalue weighted by atomic mass is 35.5. The minimum atomic E-state index is 0.296. The normalized spacial score (nSPS) is 22.3. The van der Waals surface area contributed by atoms with Gasteiger partial charge in [-0.2, -0.15) is 0 Å². The first-order valence-electron chi connectivity index (χ1n) is 7.24. The molecule has 20 heavy (non-hydrogen) atoms. The van der Waals surface area contributed by atoms with Gasteiger partial charge >= 0.3 is 0 Å². The zero-order chi connectivity index (χ0) is 14.1. The molecule has 108 valence electrons. The molecule has 0 radical (unpaired) electrons. The molecule has 5 nitrogen and oxygen atoms in total. The Bertz CT molecular complexity index is 522. The Morgan fingerprint density at radius 1 is 1.40 bits per heavy atom.